The molecule has 24 heavy (non-hydrogen) atoms. The average Bonchev–Trinajstić information content (AvgIpc) is 3.04. The number of Topliss-reactive ketones (excluding diaryl/α,β-unsaturated/α-hetero) is 1. The maximum absolute atomic E-state index is 13.6. The van der Waals surface area contributed by atoms with Crippen molar-refractivity contribution in [2.45, 2.75) is 6.92 Å². The van der Waals surface area contributed by atoms with Crippen LogP contribution in [0.5, 0.6) is 0 Å². The van der Waals surface area contributed by atoms with Crippen molar-refractivity contribution in [3.05, 3.63) is 45.7 Å². The number of hydrogen-bond donors (Lipinski definition) is 1. The topological polar surface area (TPSA) is 94.1 Å². The summed E-state index contributed by atoms with van der Waals surface area (Å²) in [5, 5.41) is 1.81. The highest BCUT2D eigenvalue weighted by molar-refractivity contribution is 6.99. The molecule has 0 aliphatic rings. The molecule has 0 saturated heterocycles. The summed E-state index contributed by atoms with van der Waals surface area (Å²) in [5.74, 6) is -2.41. The van der Waals surface area contributed by atoms with Gasteiger partial charge in [0, 0.05) is 6.20 Å². The van der Waals surface area contributed by atoms with Crippen molar-refractivity contribution in [3.8, 4) is 0 Å². The maximum atomic E-state index is 13.6. The molecule has 0 spiro atoms. The zero-order chi connectivity index (χ0) is 17.7. The van der Waals surface area contributed by atoms with Gasteiger partial charge in [0.05, 0.1) is 30.1 Å². The van der Waals surface area contributed by atoms with Gasteiger partial charge in [-0.05, 0) is 13.0 Å². The second kappa shape index (κ2) is 8.13. The van der Waals surface area contributed by atoms with Crippen LogP contribution >= 0.6 is 34.9 Å². The van der Waals surface area contributed by atoms with Crippen molar-refractivity contribution in [3.63, 3.8) is 0 Å². The number of carbonyl (C=O) groups excluding carboxylic acids is 2. The van der Waals surface area contributed by atoms with Crippen LogP contribution in [0, 0.1) is 5.82 Å². The Morgan fingerprint density at radius 2 is 2.17 bits per heavy atom. The van der Waals surface area contributed by atoms with Crippen molar-refractivity contribution >= 4 is 52.5 Å². The molecular formula is C13H9Cl2FN4O3S. The lowest BCUT2D eigenvalue weighted by molar-refractivity contribution is -0.138. The van der Waals surface area contributed by atoms with Crippen molar-refractivity contribution in [2.24, 2.45) is 0 Å². The first-order chi connectivity index (χ1) is 11.4. The molecule has 0 amide bonds. The summed E-state index contributed by atoms with van der Waals surface area (Å²) in [6, 6.07) is 0.803. The van der Waals surface area contributed by atoms with Gasteiger partial charge in [-0.25, -0.2) is 14.2 Å². The summed E-state index contributed by atoms with van der Waals surface area (Å²) in [4.78, 5) is 28.0. The lowest BCUT2D eigenvalue weighted by Crippen LogP contribution is -2.18. The molecule has 0 unspecified atom stereocenters. The summed E-state index contributed by atoms with van der Waals surface area (Å²) < 4.78 is 26.0. The first kappa shape index (κ1) is 18.2. The average molecular weight is 391 g/mol. The Kier molecular flexibility index (Phi) is 6.18. The third kappa shape index (κ3) is 4.25. The normalized spacial score (nSPS) is 11.2. The number of aromatic nitrogens is 3. The molecule has 126 valence electrons. The van der Waals surface area contributed by atoms with Gasteiger partial charge >= 0.3 is 5.97 Å². The van der Waals surface area contributed by atoms with Gasteiger partial charge in [-0.3, -0.25) is 4.79 Å². The quantitative estimate of drug-likeness (QED) is 0.202. The summed E-state index contributed by atoms with van der Waals surface area (Å²) >= 11 is 12.2. The van der Waals surface area contributed by atoms with Crippen LogP contribution in [0.3, 0.4) is 0 Å². The molecule has 2 rings (SSSR count). The number of ether oxygens (including phenoxy) is 1. The molecule has 0 aliphatic carbocycles. The predicted molar refractivity (Wildman–Crippen MR) is 86.8 cm³/mol. The van der Waals surface area contributed by atoms with Gasteiger partial charge in [0.25, 0.3) is 0 Å². The predicted octanol–water partition coefficient (Wildman–Crippen LogP) is 3.12. The summed E-state index contributed by atoms with van der Waals surface area (Å²) in [6.07, 6.45) is 2.48. The Morgan fingerprint density at radius 3 is 2.79 bits per heavy atom. The number of nitrogens with zero attached hydrogens (tertiary/aromatic N) is 3. The fraction of sp³-hybridized carbons (Fsp3) is 0.154. The smallest absolute Gasteiger partial charge is 0.343 e. The molecule has 1 N–H and O–H groups in total. The highest BCUT2D eigenvalue weighted by Gasteiger charge is 2.25. The van der Waals surface area contributed by atoms with Crippen LogP contribution in [-0.4, -0.2) is 32.1 Å². The highest BCUT2D eigenvalue weighted by atomic mass is 35.5. The molecule has 0 bridgehead atoms. The summed E-state index contributed by atoms with van der Waals surface area (Å²) in [5.41, 5.74) is -0.730. The number of ketones is 1. The first-order valence-corrected chi connectivity index (χ1v) is 7.90. The van der Waals surface area contributed by atoms with Crippen molar-refractivity contribution < 1.29 is 18.7 Å². The first-order valence-electron chi connectivity index (χ1n) is 6.41. The monoisotopic (exact) mass is 390 g/mol. The number of carbonyl (C=O) groups is 2. The van der Waals surface area contributed by atoms with Crippen LogP contribution in [0.15, 0.2) is 24.0 Å². The van der Waals surface area contributed by atoms with E-state index in [4.69, 9.17) is 27.9 Å². The van der Waals surface area contributed by atoms with Gasteiger partial charge in [0.15, 0.2) is 16.8 Å². The van der Waals surface area contributed by atoms with E-state index in [-0.39, 0.29) is 17.3 Å². The zero-order valence-corrected chi connectivity index (χ0v) is 14.4. The second-order valence-electron chi connectivity index (χ2n) is 4.14. The standard InChI is InChI=1S/C13H9Cl2FN4O3S/c1-2-23-13(22)7(4-17-9-5-18-24-20-9)10(21)6-3-8(16)12(15)19-11(6)14/h3-5H,2H2,1H3,(H,17,20). The largest absolute Gasteiger partial charge is 0.462 e. The van der Waals surface area contributed by atoms with E-state index < -0.39 is 28.3 Å². The van der Waals surface area contributed by atoms with Gasteiger partial charge in [0.1, 0.15) is 10.7 Å². The van der Waals surface area contributed by atoms with E-state index in [0.717, 1.165) is 24.0 Å². The molecule has 11 heteroatoms. The van der Waals surface area contributed by atoms with Gasteiger partial charge in [-0.1, -0.05) is 23.2 Å². The summed E-state index contributed by atoms with van der Waals surface area (Å²) in [7, 11) is 0. The number of anilines is 1. The fourth-order valence-corrected chi connectivity index (χ4v) is 2.34. The molecular weight excluding hydrogens is 382 g/mol. The minimum atomic E-state index is -0.940. The fourth-order valence-electron chi connectivity index (χ4n) is 1.55. The van der Waals surface area contributed by atoms with Crippen LogP contribution in [0.2, 0.25) is 10.3 Å². The van der Waals surface area contributed by atoms with Crippen LogP contribution in [0.1, 0.15) is 17.3 Å². The van der Waals surface area contributed by atoms with E-state index in [2.05, 4.69) is 19.0 Å². The maximum Gasteiger partial charge on any atom is 0.343 e. The van der Waals surface area contributed by atoms with Gasteiger partial charge in [0.2, 0.25) is 5.78 Å². The molecule has 0 aliphatic heterocycles. The number of rotatable bonds is 6. The van der Waals surface area contributed by atoms with E-state index >= 15 is 0 Å². The molecule has 0 atom stereocenters. The van der Waals surface area contributed by atoms with Gasteiger partial charge in [-0.15, -0.1) is 0 Å². The molecule has 0 aromatic carbocycles. The van der Waals surface area contributed by atoms with E-state index in [9.17, 15) is 14.0 Å². The van der Waals surface area contributed by atoms with Crippen LogP contribution in [0.4, 0.5) is 10.2 Å². The van der Waals surface area contributed by atoms with E-state index in [1.807, 2.05) is 0 Å². The van der Waals surface area contributed by atoms with E-state index in [1.165, 1.54) is 6.20 Å². The molecule has 2 heterocycles. The van der Waals surface area contributed by atoms with E-state index in [1.54, 1.807) is 6.92 Å². The molecule has 7 nitrogen and oxygen atoms in total. The van der Waals surface area contributed by atoms with Crippen molar-refractivity contribution in [2.75, 3.05) is 11.9 Å². The number of nitrogens with one attached hydrogen (secondary N) is 1. The third-order valence-electron chi connectivity index (χ3n) is 2.60. The van der Waals surface area contributed by atoms with Crippen LogP contribution < -0.4 is 5.32 Å². The minimum Gasteiger partial charge on any atom is -0.462 e. The Morgan fingerprint density at radius 1 is 1.42 bits per heavy atom. The van der Waals surface area contributed by atoms with Crippen molar-refractivity contribution in [1.29, 1.82) is 0 Å². The molecule has 0 radical (unpaired) electrons. The highest BCUT2D eigenvalue weighted by Crippen LogP contribution is 2.23. The Hall–Kier alpha value is -2.10. The number of esters is 1. The van der Waals surface area contributed by atoms with E-state index in [0.29, 0.717) is 5.82 Å². The Bertz CT molecular complexity index is 799. The lowest BCUT2D eigenvalue weighted by atomic mass is 10.1. The molecule has 0 saturated carbocycles. The van der Waals surface area contributed by atoms with Crippen LogP contribution in [-0.2, 0) is 9.53 Å². The van der Waals surface area contributed by atoms with Gasteiger partial charge < -0.3 is 10.1 Å². The number of halogens is 3. The van der Waals surface area contributed by atoms with Crippen LogP contribution in [0.25, 0.3) is 0 Å². The molecule has 0 fully saturated rings. The molecule has 2 aromatic heterocycles. The Labute approximate surface area is 149 Å². The molecule has 2 aromatic rings. The second-order valence-corrected chi connectivity index (χ2v) is 5.42. The summed E-state index contributed by atoms with van der Waals surface area (Å²) in [6.45, 7) is 1.62. The minimum absolute atomic E-state index is 0.0443. The lowest BCUT2D eigenvalue weighted by Gasteiger charge is -2.08. The third-order valence-corrected chi connectivity index (χ3v) is 3.63. The number of hydrogen-bond acceptors (Lipinski definition) is 8. The zero-order valence-electron chi connectivity index (χ0n) is 12.0. The number of pyridine rings is 1. The van der Waals surface area contributed by atoms with Gasteiger partial charge in [-0.2, -0.15) is 8.75 Å². The Balaban J connectivity index is 2.39. The SMILES string of the molecule is CCOC(=O)C(=CNc1cnsn1)C(=O)c1cc(F)c(Cl)nc1Cl. The van der Waals surface area contributed by atoms with Crippen molar-refractivity contribution in [1.82, 2.24) is 13.7 Å².